The van der Waals surface area contributed by atoms with Crippen LogP contribution in [-0.4, -0.2) is 20.7 Å². The predicted octanol–water partition coefficient (Wildman–Crippen LogP) is 3.72. The van der Waals surface area contributed by atoms with Gasteiger partial charge in [-0.25, -0.2) is 13.8 Å². The highest BCUT2D eigenvalue weighted by Crippen LogP contribution is 2.28. The second-order valence-corrected chi connectivity index (χ2v) is 5.72. The molecule has 3 aromatic heterocycles. The summed E-state index contributed by atoms with van der Waals surface area (Å²) in [7, 11) is 0. The minimum atomic E-state index is -1.07. The highest BCUT2D eigenvalue weighted by Gasteiger charge is 2.23. The van der Waals surface area contributed by atoms with E-state index in [0.717, 1.165) is 23.3 Å². The van der Waals surface area contributed by atoms with Crippen molar-refractivity contribution in [3.05, 3.63) is 77.9 Å². The molecule has 0 radical (unpaired) electrons. The Bertz CT molecular complexity index is 1140. The summed E-state index contributed by atoms with van der Waals surface area (Å²) in [6, 6.07) is 7.41. The molecule has 4 aromatic rings. The molecule has 128 valence electrons. The Morgan fingerprint density at radius 1 is 1.12 bits per heavy atom. The maximum atomic E-state index is 14.2. The molecule has 5 nitrogen and oxygen atoms in total. The van der Waals surface area contributed by atoms with Crippen LogP contribution in [0.1, 0.15) is 15.9 Å². The number of nitrogens with two attached hydrogens (primary N) is 1. The normalized spacial score (nSPS) is 11.0. The fourth-order valence-corrected chi connectivity index (χ4v) is 2.79. The number of hydrogen-bond acceptors (Lipinski definition) is 4. The van der Waals surface area contributed by atoms with Crippen molar-refractivity contribution >= 4 is 22.5 Å². The van der Waals surface area contributed by atoms with Crippen molar-refractivity contribution in [2.24, 2.45) is 0 Å². The molecule has 4 rings (SSSR count). The van der Waals surface area contributed by atoms with Crippen LogP contribution in [0.5, 0.6) is 0 Å². The van der Waals surface area contributed by atoms with E-state index >= 15 is 0 Å². The zero-order chi connectivity index (χ0) is 18.3. The minimum absolute atomic E-state index is 0.113. The number of nitrogen functional groups attached to an aromatic ring is 1. The van der Waals surface area contributed by atoms with Crippen LogP contribution in [0.2, 0.25) is 0 Å². The number of pyridine rings is 2. The lowest BCUT2D eigenvalue weighted by atomic mass is 10.00. The maximum Gasteiger partial charge on any atom is 0.201 e. The molecule has 0 unspecified atom stereocenters. The third kappa shape index (κ3) is 2.50. The number of hydrogen-bond donors (Lipinski definition) is 2. The summed E-state index contributed by atoms with van der Waals surface area (Å²) in [4.78, 5) is 23.9. The SMILES string of the molecule is Nc1ccc(F)c(C(=O)c2c[nH]c3ncc(-c4cccnc4)cc23)c1F. The summed E-state index contributed by atoms with van der Waals surface area (Å²) >= 11 is 0. The van der Waals surface area contributed by atoms with E-state index in [1.54, 1.807) is 30.7 Å². The molecule has 1 aromatic carbocycles. The number of ketones is 1. The van der Waals surface area contributed by atoms with Gasteiger partial charge in [0.2, 0.25) is 5.78 Å². The van der Waals surface area contributed by atoms with E-state index < -0.39 is 23.0 Å². The van der Waals surface area contributed by atoms with Crippen molar-refractivity contribution in [1.29, 1.82) is 0 Å². The first-order valence-corrected chi connectivity index (χ1v) is 7.72. The van der Waals surface area contributed by atoms with Crippen LogP contribution in [0.3, 0.4) is 0 Å². The average molecular weight is 350 g/mol. The molecule has 0 atom stereocenters. The smallest absolute Gasteiger partial charge is 0.201 e. The maximum absolute atomic E-state index is 14.2. The second-order valence-electron chi connectivity index (χ2n) is 5.72. The number of nitrogens with one attached hydrogen (secondary N) is 1. The van der Waals surface area contributed by atoms with Gasteiger partial charge in [-0.1, -0.05) is 6.07 Å². The Morgan fingerprint density at radius 2 is 1.96 bits per heavy atom. The number of H-pyrrole nitrogens is 1. The summed E-state index contributed by atoms with van der Waals surface area (Å²) in [6.45, 7) is 0. The number of aromatic nitrogens is 3. The third-order valence-corrected chi connectivity index (χ3v) is 4.12. The molecular weight excluding hydrogens is 338 g/mol. The van der Waals surface area contributed by atoms with Crippen LogP contribution in [0.15, 0.2) is 55.1 Å². The molecule has 0 aliphatic heterocycles. The lowest BCUT2D eigenvalue weighted by Crippen LogP contribution is -2.09. The zero-order valence-corrected chi connectivity index (χ0v) is 13.3. The van der Waals surface area contributed by atoms with Gasteiger partial charge in [0.25, 0.3) is 0 Å². The van der Waals surface area contributed by atoms with Crippen molar-refractivity contribution in [2.45, 2.75) is 0 Å². The highest BCUT2D eigenvalue weighted by molar-refractivity contribution is 6.16. The molecule has 0 bridgehead atoms. The van der Waals surface area contributed by atoms with Crippen LogP contribution in [-0.2, 0) is 0 Å². The lowest BCUT2D eigenvalue weighted by molar-refractivity contribution is 0.103. The van der Waals surface area contributed by atoms with E-state index in [0.29, 0.717) is 11.0 Å². The number of nitrogens with zero attached hydrogens (tertiary/aromatic N) is 2. The zero-order valence-electron chi connectivity index (χ0n) is 13.3. The van der Waals surface area contributed by atoms with Crippen LogP contribution in [0.4, 0.5) is 14.5 Å². The highest BCUT2D eigenvalue weighted by atomic mass is 19.1. The largest absolute Gasteiger partial charge is 0.396 e. The van der Waals surface area contributed by atoms with E-state index in [1.165, 1.54) is 6.20 Å². The monoisotopic (exact) mass is 350 g/mol. The Morgan fingerprint density at radius 3 is 2.73 bits per heavy atom. The van der Waals surface area contributed by atoms with Crippen LogP contribution in [0.25, 0.3) is 22.2 Å². The predicted molar refractivity (Wildman–Crippen MR) is 93.5 cm³/mol. The first-order valence-electron chi connectivity index (χ1n) is 7.72. The van der Waals surface area contributed by atoms with Gasteiger partial charge in [-0.2, -0.15) is 0 Å². The number of benzene rings is 1. The summed E-state index contributed by atoms with van der Waals surface area (Å²) in [5.74, 6) is -2.84. The van der Waals surface area contributed by atoms with E-state index in [1.807, 2.05) is 6.07 Å². The molecular formula is C19H12F2N4O. The van der Waals surface area contributed by atoms with E-state index in [2.05, 4.69) is 15.0 Å². The average Bonchev–Trinajstić information content (AvgIpc) is 3.09. The van der Waals surface area contributed by atoms with E-state index in [9.17, 15) is 13.6 Å². The number of aromatic amines is 1. The number of anilines is 1. The fourth-order valence-electron chi connectivity index (χ4n) is 2.79. The van der Waals surface area contributed by atoms with Gasteiger partial charge in [-0.15, -0.1) is 0 Å². The van der Waals surface area contributed by atoms with Gasteiger partial charge in [-0.3, -0.25) is 9.78 Å². The molecule has 3 N–H and O–H groups in total. The van der Waals surface area contributed by atoms with Gasteiger partial charge < -0.3 is 10.7 Å². The molecule has 0 amide bonds. The van der Waals surface area contributed by atoms with Crippen molar-refractivity contribution in [3.8, 4) is 11.1 Å². The number of halogens is 2. The summed E-state index contributed by atoms with van der Waals surface area (Å²) in [6.07, 6.45) is 6.32. The summed E-state index contributed by atoms with van der Waals surface area (Å²) in [5.41, 5.74) is 6.59. The molecule has 0 aliphatic carbocycles. The Balaban J connectivity index is 1.88. The van der Waals surface area contributed by atoms with Gasteiger partial charge in [0.15, 0.2) is 5.82 Å². The molecule has 7 heteroatoms. The Hall–Kier alpha value is -3.61. The van der Waals surface area contributed by atoms with Crippen LogP contribution < -0.4 is 5.73 Å². The Labute approximate surface area is 146 Å². The Kier molecular flexibility index (Phi) is 3.69. The van der Waals surface area contributed by atoms with Crippen LogP contribution in [0, 0.1) is 11.6 Å². The first kappa shape index (κ1) is 15.9. The van der Waals surface area contributed by atoms with E-state index in [-0.39, 0.29) is 11.3 Å². The topological polar surface area (TPSA) is 84.7 Å². The van der Waals surface area contributed by atoms with E-state index in [4.69, 9.17) is 5.73 Å². The minimum Gasteiger partial charge on any atom is -0.396 e. The van der Waals surface area contributed by atoms with Crippen molar-refractivity contribution in [2.75, 3.05) is 5.73 Å². The van der Waals surface area contributed by atoms with Crippen molar-refractivity contribution in [1.82, 2.24) is 15.0 Å². The summed E-state index contributed by atoms with van der Waals surface area (Å²) < 4.78 is 28.3. The van der Waals surface area contributed by atoms with Gasteiger partial charge in [0.05, 0.1) is 11.3 Å². The molecule has 0 fully saturated rings. The second kappa shape index (κ2) is 6.03. The quantitative estimate of drug-likeness (QED) is 0.436. The van der Waals surface area contributed by atoms with Crippen LogP contribution >= 0.6 is 0 Å². The van der Waals surface area contributed by atoms with Crippen molar-refractivity contribution in [3.63, 3.8) is 0 Å². The van der Waals surface area contributed by atoms with Gasteiger partial charge in [0, 0.05) is 46.9 Å². The number of carbonyl (C=O) groups excluding carboxylic acids is 1. The molecule has 26 heavy (non-hydrogen) atoms. The van der Waals surface area contributed by atoms with Gasteiger partial charge >= 0.3 is 0 Å². The molecule has 0 aliphatic rings. The summed E-state index contributed by atoms with van der Waals surface area (Å²) in [5, 5.41) is 0.456. The molecule has 0 spiro atoms. The molecule has 0 saturated carbocycles. The fraction of sp³-hybridized carbons (Fsp3) is 0. The van der Waals surface area contributed by atoms with Crippen molar-refractivity contribution < 1.29 is 13.6 Å². The first-order chi connectivity index (χ1) is 12.6. The standard InChI is InChI=1S/C19H12F2N4O/c20-14-3-4-15(22)17(21)16(14)18(26)13-9-25-19-12(13)6-11(8-24-19)10-2-1-5-23-7-10/h1-9H,22H2,(H,24,25). The number of fused-ring (bicyclic) bond motifs is 1. The number of carbonyl (C=O) groups is 1. The van der Waals surface area contributed by atoms with Gasteiger partial charge in [0.1, 0.15) is 11.5 Å². The number of rotatable bonds is 3. The molecule has 3 heterocycles. The molecule has 0 saturated heterocycles. The van der Waals surface area contributed by atoms with Gasteiger partial charge in [-0.05, 0) is 24.3 Å². The lowest BCUT2D eigenvalue weighted by Gasteiger charge is -2.06. The third-order valence-electron chi connectivity index (χ3n) is 4.12.